The smallest absolute Gasteiger partial charge is 0.248 e. The van der Waals surface area contributed by atoms with Gasteiger partial charge in [-0.25, -0.2) is 0 Å². The third-order valence-electron chi connectivity index (χ3n) is 13.3. The van der Waals surface area contributed by atoms with Crippen molar-refractivity contribution in [3.05, 3.63) is 23.8 Å². The number of amides is 9. The zero-order valence-corrected chi connectivity index (χ0v) is 41.7. The average Bonchev–Trinajstić information content (AvgIpc) is 3.89. The quantitative estimate of drug-likeness (QED) is 0.0626. The lowest BCUT2D eigenvalue weighted by molar-refractivity contribution is -0.144. The van der Waals surface area contributed by atoms with E-state index in [1.54, 1.807) is 36.6 Å². The maximum absolute atomic E-state index is 15.4. The molecule has 1 saturated heterocycles. The van der Waals surface area contributed by atoms with Gasteiger partial charge in [-0.15, -0.1) is 0 Å². The highest BCUT2D eigenvalue weighted by Crippen LogP contribution is 2.35. The topological polar surface area (TPSA) is 391 Å². The van der Waals surface area contributed by atoms with Crippen molar-refractivity contribution in [2.24, 2.45) is 23.3 Å². The zero-order valence-electron chi connectivity index (χ0n) is 40.9. The summed E-state index contributed by atoms with van der Waals surface area (Å²) in [7, 11) is 1.44. The van der Waals surface area contributed by atoms with E-state index in [0.717, 1.165) is 17.7 Å². The van der Waals surface area contributed by atoms with Gasteiger partial charge in [0.1, 0.15) is 41.7 Å². The molecule has 1 aromatic carbocycles. The second-order valence-electron chi connectivity index (χ2n) is 18.5. The second-order valence-corrected chi connectivity index (χ2v) is 19.9. The maximum Gasteiger partial charge on any atom is 0.248 e. The molecule has 4 heterocycles. The van der Waals surface area contributed by atoms with Gasteiger partial charge in [0, 0.05) is 60.0 Å². The molecule has 14 N–H and O–H groups in total. The van der Waals surface area contributed by atoms with Crippen LogP contribution in [-0.2, 0) is 67.3 Å². The Labute approximate surface area is 419 Å². The van der Waals surface area contributed by atoms with E-state index in [4.69, 9.17) is 16.2 Å². The number of fused-ring (bicyclic) bond motifs is 5. The number of rotatable bonds is 14. The Morgan fingerprint density at radius 1 is 0.875 bits per heavy atom. The molecule has 3 aliphatic heterocycles. The van der Waals surface area contributed by atoms with Gasteiger partial charge in [-0.1, -0.05) is 40.0 Å². The number of ether oxygens (including phenoxy) is 1. The molecule has 26 heteroatoms. The lowest BCUT2D eigenvalue weighted by Crippen LogP contribution is -2.62. The van der Waals surface area contributed by atoms with Crippen molar-refractivity contribution in [1.82, 2.24) is 46.7 Å². The first-order chi connectivity index (χ1) is 34.2. The van der Waals surface area contributed by atoms with Crippen molar-refractivity contribution in [2.45, 2.75) is 132 Å². The zero-order chi connectivity index (χ0) is 53.0. The molecule has 0 spiro atoms. The molecule has 1 fully saturated rings. The molecule has 2 aromatic rings. The first kappa shape index (κ1) is 56.8. The van der Waals surface area contributed by atoms with E-state index in [9.17, 15) is 58.5 Å². The minimum absolute atomic E-state index is 0.0356. The molecule has 5 rings (SSSR count). The predicted molar refractivity (Wildman–Crippen MR) is 258 cm³/mol. The fraction of sp³-hybridized carbons (Fsp3) is 0.630. The summed E-state index contributed by atoms with van der Waals surface area (Å²) in [6, 6.07) is -4.99. The van der Waals surface area contributed by atoms with Crippen molar-refractivity contribution in [3.63, 3.8) is 0 Å². The molecule has 3 aliphatic rings. The standard InChI is InChI=1S/C46H69N11O14S/c1-5-23(2)38-43(67)50-18-36(62)51-31-22-72(70)46-28(27-11-10-26(71-4)15-32(27)56(46)13-9-7-6-8-12-47)16-29(40(64)49-19-37(63)54-38)52-44(68)39(24(3)34(60)21-58)55-42(66)33-14-25(59)20-57(33)45(69)30(17-35(48)61)53-41(31)65/h10-11,15,23-25,29-31,33-34,38-39,58-60H,5-9,12-14,16-22,47H2,1-4H3,(H2,48,61)(H,49,64)(H,50,67)(H,51,62)(H,52,68)(H,53,65)(H,54,63)(H,55,66)/t23-,24-,25?,29?,30-,31?,33-,34-,38-,39-,72+/m0/s1. The number of primary amides is 1. The molecular formula is C46H69N11O14S. The van der Waals surface area contributed by atoms with Gasteiger partial charge in [-0.2, -0.15) is 0 Å². The summed E-state index contributed by atoms with van der Waals surface area (Å²) in [6.45, 7) is 2.51. The SMILES string of the molecule is CC[C@H](C)[C@@H]1NC(=O)CNC(=O)C2Cc3c(n(CCCCCCN)c4cc(OC)ccc34)[S@+]([O-])CC(NC(=O)CNC1=O)C(=O)N[C@@H](CC(N)=O)C(=O)N1CC(O)C[C@H]1C(=O)N[C@@H]([C@@H](C)[C@@H](O)CO)C(=O)N2. The predicted octanol–water partition coefficient (Wildman–Crippen LogP) is -4.62. The summed E-state index contributed by atoms with van der Waals surface area (Å²) in [6.07, 6.45) is -1.70. The molecule has 398 valence electrons. The van der Waals surface area contributed by atoms with Crippen LogP contribution < -0.4 is 53.4 Å². The maximum atomic E-state index is 15.4. The average molecular weight is 1030 g/mol. The van der Waals surface area contributed by atoms with Gasteiger partial charge >= 0.3 is 0 Å². The van der Waals surface area contributed by atoms with Gasteiger partial charge in [-0.05, 0) is 37.4 Å². The van der Waals surface area contributed by atoms with Crippen LogP contribution in [0.1, 0.15) is 71.3 Å². The minimum atomic E-state index is -2.36. The number of nitrogens with two attached hydrogens (primary N) is 2. The summed E-state index contributed by atoms with van der Waals surface area (Å²) < 4.78 is 22.7. The van der Waals surface area contributed by atoms with E-state index in [-0.39, 0.29) is 17.1 Å². The Morgan fingerprint density at radius 2 is 1.56 bits per heavy atom. The van der Waals surface area contributed by atoms with E-state index in [2.05, 4.69) is 37.2 Å². The number of benzene rings is 1. The summed E-state index contributed by atoms with van der Waals surface area (Å²) in [5.74, 6) is -11.2. The van der Waals surface area contributed by atoms with Gasteiger partial charge in [0.15, 0.2) is 6.04 Å². The number of hydrogen-bond acceptors (Lipinski definition) is 15. The summed E-state index contributed by atoms with van der Waals surface area (Å²) >= 11 is -2.36. The summed E-state index contributed by atoms with van der Waals surface area (Å²) in [5.41, 5.74) is 12.0. The van der Waals surface area contributed by atoms with Gasteiger partial charge in [-0.3, -0.25) is 43.2 Å². The first-order valence-corrected chi connectivity index (χ1v) is 25.4. The fourth-order valence-corrected chi connectivity index (χ4v) is 10.6. The van der Waals surface area contributed by atoms with E-state index in [1.807, 2.05) is 0 Å². The van der Waals surface area contributed by atoms with Crippen LogP contribution in [0.25, 0.3) is 10.9 Å². The van der Waals surface area contributed by atoms with E-state index < -0.39 is 176 Å². The number of aromatic nitrogens is 1. The third kappa shape index (κ3) is 14.1. The Hall–Kier alpha value is -6.06. The van der Waals surface area contributed by atoms with Crippen LogP contribution in [-0.4, -0.2) is 177 Å². The van der Waals surface area contributed by atoms with Crippen LogP contribution in [0.15, 0.2) is 23.2 Å². The Balaban J connectivity index is 1.81. The fourth-order valence-electron chi connectivity index (χ4n) is 9.03. The molecule has 9 amide bonds. The molecule has 11 atom stereocenters. The molecule has 2 bridgehead atoms. The van der Waals surface area contributed by atoms with Gasteiger partial charge in [0.2, 0.25) is 58.2 Å². The third-order valence-corrected chi connectivity index (χ3v) is 14.9. The summed E-state index contributed by atoms with van der Waals surface area (Å²) in [4.78, 5) is 127. The van der Waals surface area contributed by atoms with Crippen LogP contribution in [0.4, 0.5) is 0 Å². The molecular weight excluding hydrogens is 963 g/mol. The number of carbonyl (C=O) groups excluding carboxylic acids is 9. The number of unbranched alkanes of at least 4 members (excludes halogenated alkanes) is 3. The van der Waals surface area contributed by atoms with Crippen molar-refractivity contribution >= 4 is 75.2 Å². The number of nitrogens with zero attached hydrogens (tertiary/aromatic N) is 2. The van der Waals surface area contributed by atoms with Crippen molar-refractivity contribution < 1.29 is 67.8 Å². The van der Waals surface area contributed by atoms with Crippen LogP contribution >= 0.6 is 0 Å². The Bertz CT molecular complexity index is 2330. The van der Waals surface area contributed by atoms with Crippen LogP contribution in [0.3, 0.4) is 0 Å². The van der Waals surface area contributed by atoms with Crippen molar-refractivity contribution in [1.29, 1.82) is 0 Å². The molecule has 1 aromatic heterocycles. The van der Waals surface area contributed by atoms with Gasteiger partial charge in [0.05, 0.1) is 51.0 Å². The monoisotopic (exact) mass is 1030 g/mol. The van der Waals surface area contributed by atoms with Gasteiger partial charge < -0.3 is 82.8 Å². The van der Waals surface area contributed by atoms with Crippen LogP contribution in [0.2, 0.25) is 0 Å². The summed E-state index contributed by atoms with van der Waals surface area (Å²) in [5, 5.41) is 49.8. The molecule has 25 nitrogen and oxygen atoms in total. The number of aliphatic hydroxyl groups is 3. The van der Waals surface area contributed by atoms with E-state index >= 15 is 4.55 Å². The minimum Gasteiger partial charge on any atom is -0.610 e. The van der Waals surface area contributed by atoms with Crippen molar-refractivity contribution in [3.8, 4) is 5.75 Å². The number of hydrogen-bond donors (Lipinski definition) is 12. The molecule has 0 saturated carbocycles. The van der Waals surface area contributed by atoms with E-state index in [0.29, 0.717) is 42.5 Å². The molecule has 3 unspecified atom stereocenters. The lowest BCUT2D eigenvalue weighted by Gasteiger charge is -2.33. The number of carbonyl (C=O) groups is 9. The number of nitrogens with one attached hydrogen (secondary N) is 7. The highest BCUT2D eigenvalue weighted by molar-refractivity contribution is 7.91. The molecule has 0 aliphatic carbocycles. The number of aliphatic hydroxyl groups excluding tert-OH is 3. The van der Waals surface area contributed by atoms with Crippen LogP contribution in [0.5, 0.6) is 5.75 Å². The van der Waals surface area contributed by atoms with Crippen LogP contribution in [0, 0.1) is 11.8 Å². The molecule has 72 heavy (non-hydrogen) atoms. The Morgan fingerprint density at radius 3 is 2.21 bits per heavy atom. The molecule has 0 radical (unpaired) electrons. The normalized spacial score (nSPS) is 26.7. The first-order valence-electron chi connectivity index (χ1n) is 24.1. The second kappa shape index (κ2) is 26.1. The van der Waals surface area contributed by atoms with Gasteiger partial charge in [0.25, 0.3) is 0 Å². The number of aryl methyl sites for hydroxylation is 1. The Kier molecular flexibility index (Phi) is 20.6. The number of methoxy groups -OCH3 is 1. The highest BCUT2D eigenvalue weighted by Gasteiger charge is 2.45. The van der Waals surface area contributed by atoms with Crippen molar-refractivity contribution in [2.75, 3.05) is 45.6 Å². The highest BCUT2D eigenvalue weighted by atomic mass is 32.2. The lowest BCUT2D eigenvalue weighted by atomic mass is 9.93. The largest absolute Gasteiger partial charge is 0.610 e. The van der Waals surface area contributed by atoms with E-state index in [1.165, 1.54) is 14.0 Å².